The average molecular weight is 892 g/mol. The van der Waals surface area contributed by atoms with Gasteiger partial charge in [0.15, 0.2) is 0 Å². The number of thioether (sulfide) groups is 1. The van der Waals surface area contributed by atoms with Crippen LogP contribution < -0.4 is 5.32 Å². The van der Waals surface area contributed by atoms with Crippen LogP contribution >= 0.6 is 11.8 Å². The first-order valence-electron chi connectivity index (χ1n) is 19.3. The van der Waals surface area contributed by atoms with Gasteiger partial charge in [0.25, 0.3) is 17.1 Å². The number of hydrogen-bond acceptors (Lipinski definition) is 16. The number of alkyl carbamates (subject to hydrolysis) is 1. The molecular formula is C40H41N7O15S. The van der Waals surface area contributed by atoms with Crippen LogP contribution in [0.15, 0.2) is 83.4 Å². The Hall–Kier alpha value is -7.30. The van der Waals surface area contributed by atoms with Crippen LogP contribution in [0.4, 0.5) is 31.4 Å². The number of likely N-dealkylation sites (tertiary alicyclic amines) is 1. The van der Waals surface area contributed by atoms with Gasteiger partial charge in [0, 0.05) is 80.2 Å². The first-order chi connectivity index (χ1) is 30.0. The fourth-order valence-corrected chi connectivity index (χ4v) is 8.83. The van der Waals surface area contributed by atoms with Crippen LogP contribution in [0.25, 0.3) is 0 Å². The Labute approximate surface area is 362 Å². The van der Waals surface area contributed by atoms with E-state index in [9.17, 15) is 54.3 Å². The molecule has 0 aliphatic carbocycles. The summed E-state index contributed by atoms with van der Waals surface area (Å²) in [5, 5.41) is 35.4. The zero-order valence-corrected chi connectivity index (χ0v) is 34.8. The number of nitro benzene ring substituents is 3. The Balaban J connectivity index is 1.13. The number of nitro groups is 3. The zero-order valence-electron chi connectivity index (χ0n) is 34.0. The number of nitrogens with one attached hydrogen (secondary N) is 1. The van der Waals surface area contributed by atoms with Crippen molar-refractivity contribution < 1.29 is 57.7 Å². The lowest BCUT2D eigenvalue weighted by atomic mass is 9.83. The molecule has 2 saturated heterocycles. The molecule has 0 bridgehead atoms. The van der Waals surface area contributed by atoms with Crippen molar-refractivity contribution in [3.63, 3.8) is 0 Å². The van der Waals surface area contributed by atoms with Crippen molar-refractivity contribution in [3.05, 3.63) is 130 Å². The SMILES string of the molecule is CC(OC(=O)OCc1ccc([N+](=O)[O-])cc1)[C@H]1C(=O)N2C(C(=O)OCc3ccc([N+](=O)[O-])cc3)=C(S[C@H]3C[C@@H](CNC(=O)OCc4ccc([N+](=O)[O-])cc4)N(C(=O)N(C)C)C3)C[C@H]12. The predicted octanol–water partition coefficient (Wildman–Crippen LogP) is 5.42. The van der Waals surface area contributed by atoms with E-state index in [1.54, 1.807) is 19.0 Å². The minimum atomic E-state index is -1.08. The van der Waals surface area contributed by atoms with Crippen molar-refractivity contribution in [1.29, 1.82) is 0 Å². The highest BCUT2D eigenvalue weighted by Gasteiger charge is 2.58. The van der Waals surface area contributed by atoms with Crippen LogP contribution in [0.3, 0.4) is 0 Å². The minimum absolute atomic E-state index is 0.00335. The average Bonchev–Trinajstić information content (AvgIpc) is 3.81. The highest BCUT2D eigenvalue weighted by molar-refractivity contribution is 8.03. The lowest BCUT2D eigenvalue weighted by Crippen LogP contribution is -2.62. The Morgan fingerprint density at radius 2 is 1.29 bits per heavy atom. The summed E-state index contributed by atoms with van der Waals surface area (Å²) in [5.41, 5.74) is 1.01. The van der Waals surface area contributed by atoms with Gasteiger partial charge in [0.1, 0.15) is 31.6 Å². The van der Waals surface area contributed by atoms with E-state index >= 15 is 0 Å². The predicted molar refractivity (Wildman–Crippen MR) is 219 cm³/mol. The van der Waals surface area contributed by atoms with E-state index in [1.165, 1.54) is 101 Å². The molecule has 0 radical (unpaired) electrons. The summed E-state index contributed by atoms with van der Waals surface area (Å²) in [5.74, 6) is -2.23. The van der Waals surface area contributed by atoms with Gasteiger partial charge in [0.2, 0.25) is 5.91 Å². The number of nitrogens with zero attached hydrogens (tertiary/aromatic N) is 6. The number of fused-ring (bicyclic) bond motifs is 1. The summed E-state index contributed by atoms with van der Waals surface area (Å²) in [6, 6.07) is 14.8. The molecule has 23 heteroatoms. The second-order valence-electron chi connectivity index (χ2n) is 14.9. The van der Waals surface area contributed by atoms with Gasteiger partial charge in [-0.1, -0.05) is 0 Å². The summed E-state index contributed by atoms with van der Waals surface area (Å²) >= 11 is 1.28. The van der Waals surface area contributed by atoms with Gasteiger partial charge in [-0.3, -0.25) is 35.1 Å². The number of β-lactam (4-membered cyclic amide) rings is 1. The standard InChI is InChI=1S/C40H41N7O15S/c1-23(62-40(52)61-22-26-8-14-29(15-9-26)47(57)58)34-32-17-33(35(44(32)36(34)48)37(49)59-20-24-4-10-27(11-5-24)45(53)54)63-31-16-30(43(19-31)39(51)42(2)3)18-41-38(50)60-21-25-6-12-28(13-7-25)46(55)56/h4-15,23,30-32,34H,16-22H2,1-3H3,(H,41,50)/t23?,30-,31-,32+,34+/m0/s1. The largest absolute Gasteiger partial charge is 0.508 e. The molecule has 3 aromatic rings. The molecule has 3 aliphatic heterocycles. The summed E-state index contributed by atoms with van der Waals surface area (Å²) < 4.78 is 21.6. The molecule has 0 aromatic heterocycles. The number of benzene rings is 3. The number of urea groups is 1. The Kier molecular flexibility index (Phi) is 14.1. The smallest absolute Gasteiger partial charge is 0.456 e. The van der Waals surface area contributed by atoms with E-state index < -0.39 is 63.0 Å². The fourth-order valence-electron chi connectivity index (χ4n) is 7.32. The maximum absolute atomic E-state index is 13.9. The first kappa shape index (κ1) is 45.2. The van der Waals surface area contributed by atoms with E-state index in [-0.39, 0.29) is 73.4 Å². The molecule has 4 amide bonds. The van der Waals surface area contributed by atoms with Crippen molar-refractivity contribution in [1.82, 2.24) is 20.0 Å². The van der Waals surface area contributed by atoms with Crippen LogP contribution in [-0.2, 0) is 48.4 Å². The van der Waals surface area contributed by atoms with Crippen molar-refractivity contribution in [3.8, 4) is 0 Å². The van der Waals surface area contributed by atoms with Crippen LogP contribution in [0.2, 0.25) is 0 Å². The van der Waals surface area contributed by atoms with E-state index in [2.05, 4.69) is 5.32 Å². The molecule has 0 spiro atoms. The summed E-state index contributed by atoms with van der Waals surface area (Å²) in [6.45, 7) is 1.04. The van der Waals surface area contributed by atoms with Gasteiger partial charge in [-0.15, -0.1) is 11.8 Å². The molecule has 5 atom stereocenters. The molecule has 3 heterocycles. The van der Waals surface area contributed by atoms with Crippen molar-refractivity contribution >= 4 is 59.0 Å². The van der Waals surface area contributed by atoms with Gasteiger partial charge in [-0.2, -0.15) is 0 Å². The lowest BCUT2D eigenvalue weighted by molar-refractivity contribution is -0.385. The van der Waals surface area contributed by atoms with Gasteiger partial charge in [-0.25, -0.2) is 19.2 Å². The second-order valence-corrected chi connectivity index (χ2v) is 16.3. The number of non-ortho nitro benzene ring substituents is 3. The Morgan fingerprint density at radius 1 is 0.794 bits per heavy atom. The molecule has 63 heavy (non-hydrogen) atoms. The number of rotatable bonds is 16. The second kappa shape index (κ2) is 19.6. The third kappa shape index (κ3) is 10.8. The normalized spacial score (nSPS) is 19.3. The molecule has 1 unspecified atom stereocenters. The van der Waals surface area contributed by atoms with Gasteiger partial charge in [-0.05, 0) is 66.4 Å². The van der Waals surface area contributed by atoms with E-state index in [1.807, 2.05) is 0 Å². The molecule has 0 saturated carbocycles. The molecule has 332 valence electrons. The van der Waals surface area contributed by atoms with Crippen molar-refractivity contribution in [2.75, 3.05) is 27.2 Å². The first-order valence-corrected chi connectivity index (χ1v) is 20.2. The maximum atomic E-state index is 13.9. The van der Waals surface area contributed by atoms with E-state index in [0.717, 1.165) is 0 Å². The van der Waals surface area contributed by atoms with Crippen LogP contribution in [-0.4, -0.2) is 110 Å². The molecule has 2 fully saturated rings. The quantitative estimate of drug-likeness (QED) is 0.0618. The van der Waals surface area contributed by atoms with Crippen molar-refractivity contribution in [2.45, 2.75) is 63.0 Å². The van der Waals surface area contributed by atoms with Crippen LogP contribution in [0.5, 0.6) is 0 Å². The minimum Gasteiger partial charge on any atom is -0.456 e. The molecule has 3 aliphatic rings. The van der Waals surface area contributed by atoms with E-state index in [4.69, 9.17) is 18.9 Å². The summed E-state index contributed by atoms with van der Waals surface area (Å²) in [4.78, 5) is 102. The van der Waals surface area contributed by atoms with Crippen LogP contribution in [0, 0.1) is 36.3 Å². The highest BCUT2D eigenvalue weighted by Crippen LogP contribution is 2.50. The highest BCUT2D eigenvalue weighted by atomic mass is 32.2. The molecular weight excluding hydrogens is 851 g/mol. The third-order valence-electron chi connectivity index (χ3n) is 10.5. The number of carbonyl (C=O) groups excluding carboxylic acids is 5. The molecule has 3 aromatic carbocycles. The third-order valence-corrected chi connectivity index (χ3v) is 11.8. The Bertz CT molecular complexity index is 2310. The Morgan fingerprint density at radius 3 is 1.78 bits per heavy atom. The number of ether oxygens (including phenoxy) is 4. The molecule has 6 rings (SSSR count). The zero-order chi connectivity index (χ0) is 45.5. The monoisotopic (exact) mass is 891 g/mol. The number of carbonyl (C=O) groups is 5. The number of amides is 4. The van der Waals surface area contributed by atoms with Crippen molar-refractivity contribution in [2.24, 2.45) is 5.92 Å². The van der Waals surface area contributed by atoms with Gasteiger partial charge >= 0.3 is 24.2 Å². The fraction of sp³-hybridized carbons (Fsp3) is 0.375. The topological polar surface area (TPSA) is 273 Å². The van der Waals surface area contributed by atoms with Crippen LogP contribution in [0.1, 0.15) is 36.5 Å². The molecule has 1 N–H and O–H groups in total. The molecule has 22 nitrogen and oxygen atoms in total. The summed E-state index contributed by atoms with van der Waals surface area (Å²) in [6.07, 6.45) is -2.34. The van der Waals surface area contributed by atoms with E-state index in [0.29, 0.717) is 28.0 Å². The number of esters is 1. The van der Waals surface area contributed by atoms with Gasteiger partial charge in [0.05, 0.1) is 32.8 Å². The lowest BCUT2D eigenvalue weighted by Gasteiger charge is -2.45. The summed E-state index contributed by atoms with van der Waals surface area (Å²) in [7, 11) is 3.16. The maximum Gasteiger partial charge on any atom is 0.508 e. The van der Waals surface area contributed by atoms with Gasteiger partial charge < -0.3 is 39.0 Å². The number of hydrogen-bond donors (Lipinski definition) is 1.